The second kappa shape index (κ2) is 5.57. The summed E-state index contributed by atoms with van der Waals surface area (Å²) in [4.78, 5) is 21.9. The summed E-state index contributed by atoms with van der Waals surface area (Å²) >= 11 is 1.34. The molecule has 1 unspecified atom stereocenters. The Morgan fingerprint density at radius 2 is 2.20 bits per heavy atom. The standard InChI is InChI=1S/C13H21N5OS/c1-15-13-16-11(14)10(20-13)12(19)18-7-3-6-17-5-2-4-9(17)8-18/h9H,2-8,14H2,1H3,(H,15,16). The van der Waals surface area contributed by atoms with Gasteiger partial charge in [-0.2, -0.15) is 0 Å². The third kappa shape index (κ3) is 2.47. The molecule has 7 heteroatoms. The van der Waals surface area contributed by atoms with Crippen LogP contribution in [0.25, 0.3) is 0 Å². The van der Waals surface area contributed by atoms with Gasteiger partial charge in [-0.05, 0) is 25.8 Å². The van der Waals surface area contributed by atoms with E-state index in [9.17, 15) is 4.79 Å². The molecule has 1 atom stereocenters. The first-order chi connectivity index (χ1) is 9.69. The fourth-order valence-corrected chi connectivity index (χ4v) is 3.93. The molecular formula is C13H21N5OS. The van der Waals surface area contributed by atoms with Crippen molar-refractivity contribution in [3.8, 4) is 0 Å². The van der Waals surface area contributed by atoms with E-state index in [4.69, 9.17) is 5.73 Å². The average molecular weight is 295 g/mol. The molecular weight excluding hydrogens is 274 g/mol. The second-order valence-electron chi connectivity index (χ2n) is 5.42. The number of nitrogens with one attached hydrogen (secondary N) is 1. The molecule has 1 aromatic rings. The van der Waals surface area contributed by atoms with Gasteiger partial charge in [0.25, 0.3) is 5.91 Å². The molecule has 3 rings (SSSR count). The van der Waals surface area contributed by atoms with Crippen molar-refractivity contribution in [3.63, 3.8) is 0 Å². The van der Waals surface area contributed by atoms with Gasteiger partial charge in [-0.15, -0.1) is 0 Å². The summed E-state index contributed by atoms with van der Waals surface area (Å²) < 4.78 is 0. The summed E-state index contributed by atoms with van der Waals surface area (Å²) in [5, 5.41) is 3.64. The van der Waals surface area contributed by atoms with E-state index in [2.05, 4.69) is 15.2 Å². The molecule has 1 amide bonds. The van der Waals surface area contributed by atoms with Gasteiger partial charge < -0.3 is 16.0 Å². The molecule has 20 heavy (non-hydrogen) atoms. The Labute approximate surface area is 123 Å². The summed E-state index contributed by atoms with van der Waals surface area (Å²) in [6.45, 7) is 3.93. The first kappa shape index (κ1) is 13.6. The van der Waals surface area contributed by atoms with E-state index < -0.39 is 0 Å². The predicted molar refractivity (Wildman–Crippen MR) is 81.2 cm³/mol. The number of anilines is 2. The minimum absolute atomic E-state index is 0.0373. The van der Waals surface area contributed by atoms with Crippen LogP contribution < -0.4 is 11.1 Å². The molecule has 2 aliphatic rings. The van der Waals surface area contributed by atoms with Gasteiger partial charge in [-0.25, -0.2) is 4.98 Å². The van der Waals surface area contributed by atoms with E-state index in [1.807, 2.05) is 4.90 Å². The number of hydrogen-bond acceptors (Lipinski definition) is 6. The van der Waals surface area contributed by atoms with E-state index in [1.165, 1.54) is 30.7 Å². The molecule has 0 aromatic carbocycles. The lowest BCUT2D eigenvalue weighted by Gasteiger charge is -2.25. The highest BCUT2D eigenvalue weighted by Gasteiger charge is 2.32. The lowest BCUT2D eigenvalue weighted by atomic mass is 10.2. The Morgan fingerprint density at radius 1 is 1.40 bits per heavy atom. The summed E-state index contributed by atoms with van der Waals surface area (Å²) in [7, 11) is 1.79. The van der Waals surface area contributed by atoms with Crippen LogP contribution in [0, 0.1) is 0 Å². The Hall–Kier alpha value is -1.34. The number of nitrogen functional groups attached to an aromatic ring is 1. The molecule has 2 aliphatic heterocycles. The van der Waals surface area contributed by atoms with Crippen molar-refractivity contribution in [2.24, 2.45) is 0 Å². The second-order valence-corrected chi connectivity index (χ2v) is 6.42. The maximum Gasteiger partial charge on any atom is 0.267 e. The molecule has 0 aliphatic carbocycles. The van der Waals surface area contributed by atoms with Crippen LogP contribution >= 0.6 is 11.3 Å². The first-order valence-corrected chi connectivity index (χ1v) is 7.98. The van der Waals surface area contributed by atoms with E-state index in [1.54, 1.807) is 7.05 Å². The van der Waals surface area contributed by atoms with Crippen molar-refractivity contribution in [3.05, 3.63) is 4.88 Å². The molecule has 1 aromatic heterocycles. The Morgan fingerprint density at radius 3 is 2.95 bits per heavy atom. The molecule has 0 radical (unpaired) electrons. The fourth-order valence-electron chi connectivity index (χ4n) is 3.13. The van der Waals surface area contributed by atoms with Crippen LogP contribution in [0.1, 0.15) is 28.9 Å². The van der Waals surface area contributed by atoms with Gasteiger partial charge in [-0.1, -0.05) is 11.3 Å². The number of thiazole rings is 1. The summed E-state index contributed by atoms with van der Waals surface area (Å²) in [5.74, 6) is 0.382. The molecule has 0 bridgehead atoms. The van der Waals surface area contributed by atoms with Crippen molar-refractivity contribution < 1.29 is 4.79 Å². The molecule has 0 saturated carbocycles. The van der Waals surface area contributed by atoms with Crippen LogP contribution in [-0.2, 0) is 0 Å². The minimum atomic E-state index is 0.0373. The van der Waals surface area contributed by atoms with E-state index >= 15 is 0 Å². The lowest BCUT2D eigenvalue weighted by molar-refractivity contribution is 0.0749. The number of aromatic nitrogens is 1. The number of fused-ring (bicyclic) bond motifs is 1. The van der Waals surface area contributed by atoms with Crippen LogP contribution in [0.15, 0.2) is 0 Å². The van der Waals surface area contributed by atoms with Gasteiger partial charge in [0.2, 0.25) is 0 Å². The number of nitrogens with zero attached hydrogens (tertiary/aromatic N) is 3. The van der Waals surface area contributed by atoms with Gasteiger partial charge in [0.05, 0.1) is 0 Å². The Kier molecular flexibility index (Phi) is 3.80. The van der Waals surface area contributed by atoms with Gasteiger partial charge in [-0.3, -0.25) is 9.69 Å². The van der Waals surface area contributed by atoms with Gasteiger partial charge >= 0.3 is 0 Å². The smallest absolute Gasteiger partial charge is 0.267 e. The third-order valence-corrected chi connectivity index (χ3v) is 5.23. The highest BCUT2D eigenvalue weighted by atomic mass is 32.1. The minimum Gasteiger partial charge on any atom is -0.382 e. The van der Waals surface area contributed by atoms with Crippen molar-refractivity contribution in [1.29, 1.82) is 0 Å². The maximum absolute atomic E-state index is 12.7. The highest BCUT2D eigenvalue weighted by molar-refractivity contribution is 7.18. The maximum atomic E-state index is 12.7. The van der Waals surface area contributed by atoms with Crippen LogP contribution in [0.5, 0.6) is 0 Å². The molecule has 6 nitrogen and oxygen atoms in total. The van der Waals surface area contributed by atoms with E-state index in [0.29, 0.717) is 21.9 Å². The molecule has 3 heterocycles. The van der Waals surface area contributed by atoms with Crippen molar-refractivity contribution in [2.75, 3.05) is 44.3 Å². The highest BCUT2D eigenvalue weighted by Crippen LogP contribution is 2.28. The fraction of sp³-hybridized carbons (Fsp3) is 0.692. The van der Waals surface area contributed by atoms with Crippen LogP contribution in [0.3, 0.4) is 0 Å². The largest absolute Gasteiger partial charge is 0.382 e. The molecule has 2 fully saturated rings. The Balaban J connectivity index is 1.77. The number of carbonyl (C=O) groups is 1. The molecule has 2 saturated heterocycles. The molecule has 3 N–H and O–H groups in total. The van der Waals surface area contributed by atoms with Crippen molar-refractivity contribution in [1.82, 2.24) is 14.8 Å². The third-order valence-electron chi connectivity index (χ3n) is 4.15. The number of carbonyl (C=O) groups excluding carboxylic acids is 1. The van der Waals surface area contributed by atoms with Crippen LogP contribution in [-0.4, -0.2) is 60.0 Å². The van der Waals surface area contributed by atoms with Gasteiger partial charge in [0, 0.05) is 32.7 Å². The number of amides is 1. The van der Waals surface area contributed by atoms with Crippen molar-refractivity contribution >= 4 is 28.2 Å². The number of rotatable bonds is 2. The summed E-state index contributed by atoms with van der Waals surface area (Å²) in [5.41, 5.74) is 5.87. The van der Waals surface area contributed by atoms with E-state index in [-0.39, 0.29) is 5.91 Å². The van der Waals surface area contributed by atoms with Crippen LogP contribution in [0.4, 0.5) is 10.9 Å². The zero-order chi connectivity index (χ0) is 14.1. The molecule has 110 valence electrons. The quantitative estimate of drug-likeness (QED) is 0.854. The lowest BCUT2D eigenvalue weighted by Crippen LogP contribution is -2.39. The Bertz CT molecular complexity index is 503. The van der Waals surface area contributed by atoms with Crippen molar-refractivity contribution in [2.45, 2.75) is 25.3 Å². The van der Waals surface area contributed by atoms with Crippen LogP contribution in [0.2, 0.25) is 0 Å². The molecule has 0 spiro atoms. The monoisotopic (exact) mass is 295 g/mol. The number of hydrogen-bond donors (Lipinski definition) is 2. The summed E-state index contributed by atoms with van der Waals surface area (Å²) in [6.07, 6.45) is 3.49. The van der Waals surface area contributed by atoms with Gasteiger partial charge in [0.1, 0.15) is 10.7 Å². The summed E-state index contributed by atoms with van der Waals surface area (Å²) in [6, 6.07) is 0.527. The first-order valence-electron chi connectivity index (χ1n) is 7.16. The zero-order valence-corrected chi connectivity index (χ0v) is 12.6. The SMILES string of the molecule is CNc1nc(N)c(C(=O)N2CCCN3CCCC3C2)s1. The van der Waals surface area contributed by atoms with Gasteiger partial charge in [0.15, 0.2) is 5.13 Å². The number of nitrogens with two attached hydrogens (primary N) is 1. The predicted octanol–water partition coefficient (Wildman–Crippen LogP) is 1.08. The zero-order valence-electron chi connectivity index (χ0n) is 11.8. The topological polar surface area (TPSA) is 74.5 Å². The average Bonchev–Trinajstić information content (AvgIpc) is 2.99. The normalized spacial score (nSPS) is 23.4. The van der Waals surface area contributed by atoms with E-state index in [0.717, 1.165) is 26.1 Å².